The lowest BCUT2D eigenvalue weighted by Crippen LogP contribution is -2.50. The van der Waals surface area contributed by atoms with E-state index in [1.807, 2.05) is 0 Å². The number of rotatable bonds is 2. The average molecular weight is 308 g/mol. The van der Waals surface area contributed by atoms with Gasteiger partial charge in [-0.25, -0.2) is 0 Å². The SMILES string of the molecule is Cl.ClC(Cl)(Cl)C=NOC1CN2CCC1CC2. The summed E-state index contributed by atoms with van der Waals surface area (Å²) in [5.74, 6) is 0.613. The molecule has 3 saturated heterocycles. The lowest BCUT2D eigenvalue weighted by atomic mass is 9.86. The molecule has 0 radical (unpaired) electrons. The summed E-state index contributed by atoms with van der Waals surface area (Å²) in [5.41, 5.74) is 0. The van der Waals surface area contributed by atoms with Crippen LogP contribution in [0, 0.1) is 5.92 Å². The molecule has 3 heterocycles. The Morgan fingerprint density at radius 2 is 1.88 bits per heavy atom. The van der Waals surface area contributed by atoms with E-state index in [9.17, 15) is 0 Å². The Morgan fingerprint density at radius 3 is 2.31 bits per heavy atom. The van der Waals surface area contributed by atoms with Crippen LogP contribution in [0.3, 0.4) is 0 Å². The number of alkyl halides is 3. The summed E-state index contributed by atoms with van der Waals surface area (Å²) >= 11 is 16.6. The minimum Gasteiger partial charge on any atom is -0.391 e. The maximum absolute atomic E-state index is 5.52. The second-order valence-corrected chi connectivity index (χ2v) is 6.43. The van der Waals surface area contributed by atoms with Gasteiger partial charge in [-0.2, -0.15) is 0 Å². The van der Waals surface area contributed by atoms with Crippen molar-refractivity contribution < 1.29 is 4.84 Å². The van der Waals surface area contributed by atoms with Gasteiger partial charge in [0.1, 0.15) is 6.10 Å². The summed E-state index contributed by atoms with van der Waals surface area (Å²) in [7, 11) is 0. The largest absolute Gasteiger partial charge is 0.391 e. The number of fused-ring (bicyclic) bond motifs is 3. The number of hydrogen-bond donors (Lipinski definition) is 0. The smallest absolute Gasteiger partial charge is 0.229 e. The van der Waals surface area contributed by atoms with Gasteiger partial charge >= 0.3 is 0 Å². The van der Waals surface area contributed by atoms with Crippen molar-refractivity contribution in [2.24, 2.45) is 11.1 Å². The molecule has 3 fully saturated rings. The highest BCUT2D eigenvalue weighted by Crippen LogP contribution is 2.30. The van der Waals surface area contributed by atoms with Crippen LogP contribution in [0.25, 0.3) is 0 Å². The molecular formula is C9H14Cl4N2O. The number of hydrogen-bond acceptors (Lipinski definition) is 3. The predicted molar refractivity (Wildman–Crippen MR) is 70.1 cm³/mol. The Bertz CT molecular complexity index is 248. The fourth-order valence-electron chi connectivity index (χ4n) is 2.20. The van der Waals surface area contributed by atoms with E-state index in [-0.39, 0.29) is 18.5 Å². The fourth-order valence-corrected chi connectivity index (χ4v) is 2.32. The third kappa shape index (κ3) is 4.11. The van der Waals surface area contributed by atoms with Gasteiger partial charge in [0.05, 0.1) is 6.21 Å². The van der Waals surface area contributed by atoms with Crippen LogP contribution >= 0.6 is 47.2 Å². The van der Waals surface area contributed by atoms with E-state index < -0.39 is 3.79 Å². The zero-order valence-corrected chi connectivity index (χ0v) is 11.7. The molecule has 94 valence electrons. The lowest BCUT2D eigenvalue weighted by molar-refractivity contribution is -0.0676. The first-order chi connectivity index (χ1) is 7.04. The highest BCUT2D eigenvalue weighted by Gasteiger charge is 2.35. The molecule has 0 amide bonds. The molecule has 3 aliphatic rings. The van der Waals surface area contributed by atoms with Crippen LogP contribution < -0.4 is 0 Å². The van der Waals surface area contributed by atoms with Crippen LogP contribution in [0.1, 0.15) is 12.8 Å². The molecule has 1 atom stereocenters. The molecule has 16 heavy (non-hydrogen) atoms. The Balaban J connectivity index is 0.00000128. The summed E-state index contributed by atoms with van der Waals surface area (Å²) < 4.78 is -1.46. The molecule has 0 aromatic heterocycles. The average Bonchev–Trinajstić information content (AvgIpc) is 2.17. The maximum atomic E-state index is 5.52. The second kappa shape index (κ2) is 5.96. The van der Waals surface area contributed by atoms with Crippen LogP contribution in [0.4, 0.5) is 0 Å². The summed E-state index contributed by atoms with van der Waals surface area (Å²) in [5, 5.41) is 3.74. The van der Waals surface area contributed by atoms with E-state index >= 15 is 0 Å². The molecule has 3 nitrogen and oxygen atoms in total. The van der Waals surface area contributed by atoms with E-state index in [1.54, 1.807) is 0 Å². The van der Waals surface area contributed by atoms with E-state index in [2.05, 4.69) is 10.1 Å². The Morgan fingerprint density at radius 1 is 1.25 bits per heavy atom. The van der Waals surface area contributed by atoms with Gasteiger partial charge in [-0.05, 0) is 25.9 Å². The van der Waals surface area contributed by atoms with Gasteiger partial charge in [-0.15, -0.1) is 12.4 Å². The maximum Gasteiger partial charge on any atom is 0.229 e. The number of piperidine rings is 3. The van der Waals surface area contributed by atoms with Crippen molar-refractivity contribution in [1.29, 1.82) is 0 Å². The van der Waals surface area contributed by atoms with E-state index in [4.69, 9.17) is 39.6 Å². The zero-order chi connectivity index (χ0) is 10.9. The third-order valence-corrected chi connectivity index (χ3v) is 3.28. The van der Waals surface area contributed by atoms with Gasteiger partial charge in [-0.3, -0.25) is 4.90 Å². The summed E-state index contributed by atoms with van der Waals surface area (Å²) in [6, 6.07) is 0. The van der Waals surface area contributed by atoms with Crippen LogP contribution in [0.2, 0.25) is 0 Å². The standard InChI is InChI=1S/C9H13Cl3N2O.ClH/c10-9(11,12)6-13-15-8-5-14-3-1-7(8)2-4-14;/h6-8H,1-5H2;1H. The molecule has 0 aliphatic carbocycles. The molecule has 0 saturated carbocycles. The van der Waals surface area contributed by atoms with Crippen molar-refractivity contribution in [3.63, 3.8) is 0 Å². The van der Waals surface area contributed by atoms with Crippen molar-refractivity contribution >= 4 is 53.4 Å². The number of halogens is 4. The third-order valence-electron chi connectivity index (χ3n) is 2.99. The van der Waals surface area contributed by atoms with Crippen molar-refractivity contribution in [3.8, 4) is 0 Å². The zero-order valence-electron chi connectivity index (χ0n) is 8.61. The van der Waals surface area contributed by atoms with E-state index in [0.29, 0.717) is 5.92 Å². The molecule has 2 bridgehead atoms. The number of nitrogens with zero attached hydrogens (tertiary/aromatic N) is 2. The second-order valence-electron chi connectivity index (χ2n) is 4.06. The summed E-state index contributed by atoms with van der Waals surface area (Å²) in [4.78, 5) is 7.75. The first-order valence-electron chi connectivity index (χ1n) is 5.04. The monoisotopic (exact) mass is 306 g/mol. The predicted octanol–water partition coefficient (Wildman–Crippen LogP) is 2.88. The lowest BCUT2D eigenvalue weighted by Gasteiger charge is -2.42. The normalized spacial score (nSPS) is 33.8. The summed E-state index contributed by atoms with van der Waals surface area (Å²) in [6.07, 6.45) is 3.74. The fraction of sp³-hybridized carbons (Fsp3) is 0.889. The quantitative estimate of drug-likeness (QED) is 0.445. The van der Waals surface area contributed by atoms with Crippen molar-refractivity contribution in [1.82, 2.24) is 4.90 Å². The molecular weight excluding hydrogens is 294 g/mol. The van der Waals surface area contributed by atoms with Crippen molar-refractivity contribution in [3.05, 3.63) is 0 Å². The van der Waals surface area contributed by atoms with Gasteiger partial charge < -0.3 is 4.84 Å². The first-order valence-corrected chi connectivity index (χ1v) is 6.17. The molecule has 3 aliphatic heterocycles. The molecule has 3 rings (SSSR count). The highest BCUT2D eigenvalue weighted by molar-refractivity contribution is 6.74. The van der Waals surface area contributed by atoms with Crippen LogP contribution in [0.5, 0.6) is 0 Å². The molecule has 0 aromatic carbocycles. The van der Waals surface area contributed by atoms with Gasteiger partial charge in [0.15, 0.2) is 0 Å². The molecule has 7 heteroatoms. The summed E-state index contributed by atoms with van der Waals surface area (Å²) in [6.45, 7) is 3.30. The van der Waals surface area contributed by atoms with Gasteiger partial charge in [0.2, 0.25) is 3.79 Å². The van der Waals surface area contributed by atoms with Gasteiger partial charge in [-0.1, -0.05) is 40.0 Å². The minimum absolute atomic E-state index is 0. The van der Waals surface area contributed by atoms with Gasteiger partial charge in [0.25, 0.3) is 0 Å². The van der Waals surface area contributed by atoms with E-state index in [0.717, 1.165) is 6.54 Å². The molecule has 0 N–H and O–H groups in total. The van der Waals surface area contributed by atoms with Crippen molar-refractivity contribution in [2.75, 3.05) is 19.6 Å². The number of oxime groups is 1. The first kappa shape index (κ1) is 14.7. The van der Waals surface area contributed by atoms with Crippen LogP contribution in [-0.4, -0.2) is 40.6 Å². The molecule has 0 spiro atoms. The van der Waals surface area contributed by atoms with Gasteiger partial charge in [0, 0.05) is 12.5 Å². The Kier molecular flexibility index (Phi) is 5.46. The minimum atomic E-state index is -1.46. The molecule has 1 unspecified atom stereocenters. The highest BCUT2D eigenvalue weighted by atomic mass is 35.6. The van der Waals surface area contributed by atoms with E-state index in [1.165, 1.54) is 32.1 Å². The Hall–Kier alpha value is 0.590. The van der Waals surface area contributed by atoms with Crippen LogP contribution in [-0.2, 0) is 4.84 Å². The van der Waals surface area contributed by atoms with Crippen molar-refractivity contribution in [2.45, 2.75) is 22.7 Å². The van der Waals surface area contributed by atoms with Crippen LogP contribution in [0.15, 0.2) is 5.16 Å². The Labute approximate surface area is 116 Å². The topological polar surface area (TPSA) is 24.8 Å². The molecule has 0 aromatic rings.